The second-order valence-electron chi connectivity index (χ2n) is 2.21. The zero-order valence-electron chi connectivity index (χ0n) is 6.07. The number of halogens is 1. The Hall–Kier alpha value is -0.940. The van der Waals surface area contributed by atoms with Crippen LogP contribution in [-0.4, -0.2) is 16.1 Å². The molecule has 0 saturated carbocycles. The first-order valence-electron chi connectivity index (χ1n) is 3.20. The maximum Gasteiger partial charge on any atom is 0.325 e. The molecule has 0 aliphatic heterocycles. The molecule has 64 valence electrons. The van der Waals surface area contributed by atoms with E-state index in [-0.39, 0.29) is 0 Å². The highest BCUT2D eigenvalue weighted by Gasteiger charge is 2.16. The molecular formula is C7H7BrN2O2. The van der Waals surface area contributed by atoms with Gasteiger partial charge in [0.2, 0.25) is 0 Å². The molecule has 0 fully saturated rings. The van der Waals surface area contributed by atoms with Crippen LogP contribution in [0, 0.1) is 0 Å². The fraction of sp³-hybridized carbons (Fsp3) is 0.143. The quantitative estimate of drug-likeness (QED) is 0.793. The average molecular weight is 231 g/mol. The van der Waals surface area contributed by atoms with Gasteiger partial charge in [-0.2, -0.15) is 0 Å². The third-order valence-corrected chi connectivity index (χ3v) is 2.12. The van der Waals surface area contributed by atoms with Crippen molar-refractivity contribution in [2.24, 2.45) is 5.73 Å². The second-order valence-corrected chi connectivity index (χ2v) is 3.07. The van der Waals surface area contributed by atoms with Gasteiger partial charge in [0.25, 0.3) is 0 Å². The zero-order valence-corrected chi connectivity index (χ0v) is 7.65. The lowest BCUT2D eigenvalue weighted by Gasteiger charge is -2.07. The fourth-order valence-corrected chi connectivity index (χ4v) is 1.22. The molecule has 0 aliphatic rings. The van der Waals surface area contributed by atoms with Gasteiger partial charge < -0.3 is 10.8 Å². The number of hydrogen-bond donors (Lipinski definition) is 2. The van der Waals surface area contributed by atoms with E-state index in [1.807, 2.05) is 0 Å². The molecule has 1 atom stereocenters. The minimum absolute atomic E-state index is 0.477. The van der Waals surface area contributed by atoms with Crippen LogP contribution in [0.2, 0.25) is 0 Å². The number of pyridine rings is 1. The summed E-state index contributed by atoms with van der Waals surface area (Å²) in [5.74, 6) is -1.07. The SMILES string of the molecule is N[C@@H](C(=O)O)c1cnccc1Br. The Morgan fingerprint density at radius 2 is 2.42 bits per heavy atom. The molecule has 0 spiro atoms. The summed E-state index contributed by atoms with van der Waals surface area (Å²) in [7, 11) is 0. The Bertz CT molecular complexity index is 303. The highest BCUT2D eigenvalue weighted by molar-refractivity contribution is 9.10. The van der Waals surface area contributed by atoms with Gasteiger partial charge in [-0.05, 0) is 6.07 Å². The van der Waals surface area contributed by atoms with Crippen molar-refractivity contribution in [3.8, 4) is 0 Å². The maximum absolute atomic E-state index is 10.5. The zero-order chi connectivity index (χ0) is 9.14. The van der Waals surface area contributed by atoms with E-state index in [1.54, 1.807) is 12.3 Å². The van der Waals surface area contributed by atoms with Gasteiger partial charge in [0, 0.05) is 22.4 Å². The van der Waals surface area contributed by atoms with Crippen molar-refractivity contribution in [2.45, 2.75) is 6.04 Å². The summed E-state index contributed by atoms with van der Waals surface area (Å²) >= 11 is 3.18. The van der Waals surface area contributed by atoms with Crippen LogP contribution in [0.15, 0.2) is 22.9 Å². The predicted octanol–water partition coefficient (Wildman–Crippen LogP) is 0.928. The second kappa shape index (κ2) is 3.64. The number of aliphatic carboxylic acids is 1. The topological polar surface area (TPSA) is 76.2 Å². The fourth-order valence-electron chi connectivity index (χ4n) is 0.752. The monoisotopic (exact) mass is 230 g/mol. The van der Waals surface area contributed by atoms with Gasteiger partial charge in [-0.1, -0.05) is 15.9 Å². The summed E-state index contributed by atoms with van der Waals surface area (Å²) in [6.07, 6.45) is 2.99. The molecule has 1 rings (SSSR count). The van der Waals surface area contributed by atoms with Crippen molar-refractivity contribution in [3.63, 3.8) is 0 Å². The summed E-state index contributed by atoms with van der Waals surface area (Å²) in [6.45, 7) is 0. The first-order chi connectivity index (χ1) is 5.63. The number of nitrogens with zero attached hydrogens (tertiary/aromatic N) is 1. The van der Waals surface area contributed by atoms with E-state index in [0.717, 1.165) is 0 Å². The first kappa shape index (κ1) is 9.15. The molecule has 1 aromatic rings. The molecule has 0 amide bonds. The van der Waals surface area contributed by atoms with Crippen LogP contribution in [0.5, 0.6) is 0 Å². The summed E-state index contributed by atoms with van der Waals surface area (Å²) in [5, 5.41) is 8.59. The minimum atomic E-state index is -1.07. The van der Waals surface area contributed by atoms with E-state index in [0.29, 0.717) is 10.0 Å². The Labute approximate surface area is 77.5 Å². The molecule has 0 bridgehead atoms. The third-order valence-electron chi connectivity index (χ3n) is 1.40. The summed E-state index contributed by atoms with van der Waals surface area (Å²) in [5.41, 5.74) is 5.85. The number of hydrogen-bond acceptors (Lipinski definition) is 3. The molecule has 1 heterocycles. The van der Waals surface area contributed by atoms with E-state index in [2.05, 4.69) is 20.9 Å². The Balaban J connectivity index is 3.02. The van der Waals surface area contributed by atoms with E-state index < -0.39 is 12.0 Å². The Kier molecular flexibility index (Phi) is 2.78. The number of rotatable bonds is 2. The molecule has 5 heteroatoms. The average Bonchev–Trinajstić information content (AvgIpc) is 2.04. The lowest BCUT2D eigenvalue weighted by molar-refractivity contribution is -0.138. The van der Waals surface area contributed by atoms with Gasteiger partial charge in [0.1, 0.15) is 6.04 Å². The highest BCUT2D eigenvalue weighted by Crippen LogP contribution is 2.20. The molecule has 0 aromatic carbocycles. The van der Waals surface area contributed by atoms with Crippen LogP contribution in [0.4, 0.5) is 0 Å². The summed E-state index contributed by atoms with van der Waals surface area (Å²) in [6, 6.07) is 0.631. The van der Waals surface area contributed by atoms with Crippen LogP contribution in [0.25, 0.3) is 0 Å². The van der Waals surface area contributed by atoms with Gasteiger partial charge in [-0.25, -0.2) is 0 Å². The molecule has 0 saturated heterocycles. The van der Waals surface area contributed by atoms with Gasteiger partial charge in [-0.3, -0.25) is 9.78 Å². The van der Waals surface area contributed by atoms with Crippen LogP contribution < -0.4 is 5.73 Å². The minimum Gasteiger partial charge on any atom is -0.480 e. The maximum atomic E-state index is 10.5. The van der Waals surface area contributed by atoms with E-state index in [1.165, 1.54) is 6.20 Å². The normalized spacial score (nSPS) is 12.5. The third kappa shape index (κ3) is 1.80. The summed E-state index contributed by atoms with van der Waals surface area (Å²) < 4.78 is 0.660. The summed E-state index contributed by atoms with van der Waals surface area (Å²) in [4.78, 5) is 14.3. The predicted molar refractivity (Wildman–Crippen MR) is 46.5 cm³/mol. The molecule has 0 aliphatic carbocycles. The van der Waals surface area contributed by atoms with Gasteiger partial charge in [0.05, 0.1) is 0 Å². The Morgan fingerprint density at radius 3 is 2.92 bits per heavy atom. The molecule has 3 N–H and O–H groups in total. The molecular weight excluding hydrogens is 224 g/mol. The van der Waals surface area contributed by atoms with Crippen molar-refractivity contribution >= 4 is 21.9 Å². The van der Waals surface area contributed by atoms with Crippen LogP contribution in [0.3, 0.4) is 0 Å². The van der Waals surface area contributed by atoms with Gasteiger partial charge in [0.15, 0.2) is 0 Å². The Morgan fingerprint density at radius 1 is 1.75 bits per heavy atom. The van der Waals surface area contributed by atoms with Crippen molar-refractivity contribution in [1.82, 2.24) is 4.98 Å². The smallest absolute Gasteiger partial charge is 0.325 e. The van der Waals surface area contributed by atoms with Crippen molar-refractivity contribution in [1.29, 1.82) is 0 Å². The molecule has 0 unspecified atom stereocenters. The van der Waals surface area contributed by atoms with Crippen molar-refractivity contribution in [3.05, 3.63) is 28.5 Å². The number of carboxylic acid groups (broad SMARTS) is 1. The van der Waals surface area contributed by atoms with Crippen molar-refractivity contribution < 1.29 is 9.90 Å². The van der Waals surface area contributed by atoms with Crippen LogP contribution >= 0.6 is 15.9 Å². The molecule has 4 nitrogen and oxygen atoms in total. The van der Waals surface area contributed by atoms with Crippen LogP contribution in [-0.2, 0) is 4.79 Å². The van der Waals surface area contributed by atoms with Crippen molar-refractivity contribution in [2.75, 3.05) is 0 Å². The van der Waals surface area contributed by atoms with E-state index >= 15 is 0 Å². The number of carboxylic acids is 1. The van der Waals surface area contributed by atoms with Gasteiger partial charge in [-0.15, -0.1) is 0 Å². The van der Waals surface area contributed by atoms with Gasteiger partial charge >= 0.3 is 5.97 Å². The molecule has 1 aromatic heterocycles. The van der Waals surface area contributed by atoms with E-state index in [4.69, 9.17) is 10.8 Å². The number of nitrogens with two attached hydrogens (primary N) is 1. The highest BCUT2D eigenvalue weighted by atomic mass is 79.9. The lowest BCUT2D eigenvalue weighted by atomic mass is 10.1. The van der Waals surface area contributed by atoms with Crippen LogP contribution in [0.1, 0.15) is 11.6 Å². The number of aromatic nitrogens is 1. The molecule has 12 heavy (non-hydrogen) atoms. The largest absolute Gasteiger partial charge is 0.480 e. The molecule has 0 radical (unpaired) electrons. The standard InChI is InChI=1S/C7H7BrN2O2/c8-5-1-2-10-3-4(5)6(9)7(11)12/h1-3,6H,9H2,(H,11,12)/t6-/m1/s1. The van der Waals surface area contributed by atoms with E-state index in [9.17, 15) is 4.79 Å². The first-order valence-corrected chi connectivity index (χ1v) is 4.00. The lowest BCUT2D eigenvalue weighted by Crippen LogP contribution is -2.21. The number of carbonyl (C=O) groups is 1.